The molecule has 0 spiro atoms. The van der Waals surface area contributed by atoms with Gasteiger partial charge in [0, 0.05) is 7.59 Å². The van der Waals surface area contributed by atoms with Gasteiger partial charge in [-0.1, -0.05) is 58.2 Å². The Balaban J connectivity index is 4.53. The van der Waals surface area contributed by atoms with E-state index in [-0.39, 0.29) is 0 Å². The third-order valence-corrected chi connectivity index (χ3v) is 21.6. The van der Waals surface area contributed by atoms with E-state index in [0.717, 1.165) is 16.6 Å². The minimum Gasteiger partial charge on any atom is -0.0654 e. The molecule has 11 heavy (non-hydrogen) atoms. The van der Waals surface area contributed by atoms with Crippen molar-refractivity contribution >= 4 is 17.4 Å². The Morgan fingerprint density at radius 3 is 0.909 bits per heavy atom. The first-order valence-electron chi connectivity index (χ1n) is 4.83. The van der Waals surface area contributed by atoms with Gasteiger partial charge in [0.1, 0.15) is 0 Å². The summed E-state index contributed by atoms with van der Waals surface area (Å²) in [6.45, 7) is 14.6. The molecule has 0 aromatic heterocycles. The normalized spacial score (nSPS) is 13.9. The summed E-state index contributed by atoms with van der Waals surface area (Å²) in [6, 6.07) is 0. The minimum absolute atomic E-state index is 0.843. The van der Waals surface area contributed by atoms with Crippen molar-refractivity contribution in [3.05, 3.63) is 0 Å². The van der Waals surface area contributed by atoms with Crippen LogP contribution in [0.25, 0.3) is 0 Å². The lowest BCUT2D eigenvalue weighted by molar-refractivity contribution is 0.848. The summed E-state index contributed by atoms with van der Waals surface area (Å²) in [5.41, 5.74) is 2.94. The van der Waals surface area contributed by atoms with Crippen molar-refractivity contribution < 1.29 is 0 Å². The molecule has 0 aliphatic carbocycles. The molecule has 0 aliphatic rings. The third-order valence-electron chi connectivity index (χ3n) is 3.73. The highest BCUT2D eigenvalue weighted by molar-refractivity contribution is 7.19. The molecule has 0 unspecified atom stereocenters. The van der Waals surface area contributed by atoms with Crippen LogP contribution in [-0.2, 0) is 0 Å². The molecule has 0 rings (SSSR count). The molecule has 0 saturated carbocycles. The summed E-state index contributed by atoms with van der Waals surface area (Å²) in [5, 5.41) is 0. The Hall–Kier alpha value is 0.434. The summed E-state index contributed by atoms with van der Waals surface area (Å²) < 4.78 is 0. The van der Waals surface area contributed by atoms with Crippen LogP contribution in [0.15, 0.2) is 0 Å². The zero-order valence-electron chi connectivity index (χ0n) is 9.23. The Labute approximate surface area is 76.0 Å². The van der Waals surface area contributed by atoms with E-state index in [1.807, 2.05) is 0 Å². The van der Waals surface area contributed by atoms with Crippen molar-refractivity contribution in [1.29, 1.82) is 0 Å². The lowest BCUT2D eigenvalue weighted by Crippen LogP contribution is -2.45. The van der Waals surface area contributed by atoms with Crippen molar-refractivity contribution in [3.8, 4) is 0 Å². The van der Waals surface area contributed by atoms with E-state index in [9.17, 15) is 0 Å². The minimum atomic E-state index is -0.843. The lowest BCUT2D eigenvalue weighted by Gasteiger charge is -2.39. The summed E-state index contributed by atoms with van der Waals surface area (Å²) >= 11 is 0. The van der Waals surface area contributed by atoms with Crippen LogP contribution in [0.1, 0.15) is 41.5 Å². The van der Waals surface area contributed by atoms with Crippen LogP contribution in [0.5, 0.6) is 0 Å². The molecule has 0 atom stereocenters. The Kier molecular flexibility index (Phi) is 4.05. The van der Waals surface area contributed by atoms with E-state index in [1.54, 1.807) is 0 Å². The van der Waals surface area contributed by atoms with E-state index in [0.29, 0.717) is 0 Å². The molecule has 0 aliphatic heterocycles. The molecule has 0 aromatic rings. The largest absolute Gasteiger partial charge is 0.0654 e. The van der Waals surface area contributed by atoms with Crippen molar-refractivity contribution in [2.75, 3.05) is 0 Å². The molecule has 0 N–H and O–H groups in total. The second-order valence-electron chi connectivity index (χ2n) is 4.83. The van der Waals surface area contributed by atoms with Crippen LogP contribution < -0.4 is 0 Å². The molecule has 0 saturated heterocycles. The smallest absolute Gasteiger partial charge is 0.0438 e. The average molecular weight is 188 g/mol. The van der Waals surface area contributed by atoms with Crippen molar-refractivity contribution in [3.63, 3.8) is 0 Å². The lowest BCUT2D eigenvalue weighted by atomic mass is 10.5. The molecular weight excluding hydrogens is 164 g/mol. The van der Waals surface area contributed by atoms with E-state index >= 15 is 0 Å². The molecule has 0 heterocycles. The predicted octanol–water partition coefficient (Wildman–Crippen LogP) is 2.53. The second kappa shape index (κ2) is 3.90. The van der Waals surface area contributed by atoms with Crippen molar-refractivity contribution in [1.82, 2.24) is 0 Å². The summed E-state index contributed by atoms with van der Waals surface area (Å²) in [7, 11) is 0.618. The van der Waals surface area contributed by atoms with Gasteiger partial charge in [-0.05, 0) is 9.76 Å². The van der Waals surface area contributed by atoms with Gasteiger partial charge >= 0.3 is 0 Å². The molecular formula is C9H24Si2. The van der Waals surface area contributed by atoms with Crippen LogP contribution in [-0.4, -0.2) is 17.4 Å². The van der Waals surface area contributed by atoms with Gasteiger partial charge in [0.2, 0.25) is 0 Å². The van der Waals surface area contributed by atoms with Gasteiger partial charge in [-0.15, -0.1) is 0 Å². The number of hydrogen-bond donors (Lipinski definition) is 0. The van der Waals surface area contributed by atoms with E-state index in [2.05, 4.69) is 41.5 Å². The quantitative estimate of drug-likeness (QED) is 0.597. The molecule has 2 heteroatoms. The Bertz CT molecular complexity index is 95.0. The standard InChI is InChI=1S/C9H24Si2/c1-7(2)11(10,8(3)4)9(5)6/h7-9H,1-6,10H3. The maximum atomic E-state index is 2.43. The molecule has 68 valence electrons. The first-order chi connectivity index (χ1) is 4.83. The molecule has 0 aromatic carbocycles. The zero-order chi connectivity index (χ0) is 9.23. The molecule has 0 bridgehead atoms. The fourth-order valence-electron chi connectivity index (χ4n) is 2.00. The van der Waals surface area contributed by atoms with Gasteiger partial charge in [0.25, 0.3) is 0 Å². The monoisotopic (exact) mass is 188 g/mol. The Morgan fingerprint density at radius 2 is 0.909 bits per heavy atom. The zero-order valence-corrected chi connectivity index (χ0v) is 12.2. The highest BCUT2D eigenvalue weighted by Crippen LogP contribution is 2.38. The van der Waals surface area contributed by atoms with E-state index < -0.39 is 7.59 Å². The highest BCUT2D eigenvalue weighted by Gasteiger charge is 2.36. The van der Waals surface area contributed by atoms with Crippen LogP contribution in [0, 0.1) is 0 Å². The first kappa shape index (κ1) is 11.4. The van der Waals surface area contributed by atoms with Gasteiger partial charge in [0.15, 0.2) is 0 Å². The van der Waals surface area contributed by atoms with E-state index in [1.165, 1.54) is 9.76 Å². The number of rotatable bonds is 3. The first-order valence-corrected chi connectivity index (χ1v) is 10.6. The summed E-state index contributed by atoms with van der Waals surface area (Å²) in [5.74, 6) is 0. The maximum Gasteiger partial charge on any atom is 0.0438 e. The summed E-state index contributed by atoms with van der Waals surface area (Å²) in [4.78, 5) is 0. The van der Waals surface area contributed by atoms with Crippen LogP contribution in [0.2, 0.25) is 16.6 Å². The molecule has 0 fully saturated rings. The van der Waals surface area contributed by atoms with Crippen molar-refractivity contribution in [2.24, 2.45) is 0 Å². The summed E-state index contributed by atoms with van der Waals surface area (Å²) in [6.07, 6.45) is 0. The van der Waals surface area contributed by atoms with Gasteiger partial charge in [-0.25, -0.2) is 0 Å². The fourth-order valence-corrected chi connectivity index (χ4v) is 6.00. The predicted molar refractivity (Wildman–Crippen MR) is 61.0 cm³/mol. The Morgan fingerprint density at radius 1 is 0.727 bits per heavy atom. The van der Waals surface area contributed by atoms with Crippen LogP contribution in [0.3, 0.4) is 0 Å². The average Bonchev–Trinajstić information content (AvgIpc) is 1.84. The fraction of sp³-hybridized carbons (Fsp3) is 1.00. The number of hydrogen-bond acceptors (Lipinski definition) is 0. The third kappa shape index (κ3) is 2.18. The van der Waals surface area contributed by atoms with Gasteiger partial charge < -0.3 is 0 Å². The van der Waals surface area contributed by atoms with Gasteiger partial charge in [-0.3, -0.25) is 0 Å². The van der Waals surface area contributed by atoms with Gasteiger partial charge in [-0.2, -0.15) is 0 Å². The molecule has 0 radical (unpaired) electrons. The SMILES string of the molecule is CC(C)[Si]([SiH3])(C(C)C)C(C)C. The van der Waals surface area contributed by atoms with E-state index in [4.69, 9.17) is 0 Å². The van der Waals surface area contributed by atoms with Crippen LogP contribution in [0.4, 0.5) is 0 Å². The second-order valence-corrected chi connectivity index (χ2v) is 16.2. The van der Waals surface area contributed by atoms with Crippen molar-refractivity contribution in [2.45, 2.75) is 58.2 Å². The van der Waals surface area contributed by atoms with Gasteiger partial charge in [0.05, 0.1) is 0 Å². The highest BCUT2D eigenvalue weighted by atomic mass is 29.2. The topological polar surface area (TPSA) is 0 Å². The maximum absolute atomic E-state index is 2.43. The molecule has 0 amide bonds. The van der Waals surface area contributed by atoms with Crippen LogP contribution >= 0.6 is 0 Å². The molecule has 0 nitrogen and oxygen atoms in total.